The molecular formula is C13H22O2. The Morgan fingerprint density at radius 1 is 1.40 bits per heavy atom. The standard InChI is InChI=1S/C13H22O2/c1-5-11(3)10-12(4)8-7-9-15-13(14)6-2/h7-9,11H,5-6,10H2,1-4H3/b9-7+,12-8+. The lowest BCUT2D eigenvalue weighted by Crippen LogP contribution is -1.95. The van der Waals surface area contributed by atoms with Crippen molar-refractivity contribution < 1.29 is 9.53 Å². The number of ether oxygens (including phenoxy) is 1. The molecule has 0 heterocycles. The maximum absolute atomic E-state index is 10.8. The summed E-state index contributed by atoms with van der Waals surface area (Å²) in [5.74, 6) is 0.520. The smallest absolute Gasteiger partial charge is 0.310 e. The molecule has 2 nitrogen and oxygen atoms in total. The zero-order chi connectivity index (χ0) is 11.7. The molecule has 0 saturated carbocycles. The van der Waals surface area contributed by atoms with Gasteiger partial charge in [0.2, 0.25) is 0 Å². The average Bonchev–Trinajstić information content (AvgIpc) is 2.23. The molecule has 0 spiro atoms. The first-order valence-corrected chi connectivity index (χ1v) is 5.61. The zero-order valence-corrected chi connectivity index (χ0v) is 10.2. The van der Waals surface area contributed by atoms with Crippen molar-refractivity contribution >= 4 is 5.97 Å². The molecule has 0 N–H and O–H groups in total. The SMILES string of the molecule is CCC(=O)O/C=C/C=C(\C)CC(C)CC. The summed E-state index contributed by atoms with van der Waals surface area (Å²) in [6, 6.07) is 0. The van der Waals surface area contributed by atoms with Gasteiger partial charge < -0.3 is 4.74 Å². The van der Waals surface area contributed by atoms with Crippen LogP contribution in [0.5, 0.6) is 0 Å². The van der Waals surface area contributed by atoms with E-state index in [1.54, 1.807) is 13.0 Å². The Morgan fingerprint density at radius 2 is 2.07 bits per heavy atom. The molecule has 15 heavy (non-hydrogen) atoms. The Bertz CT molecular complexity index is 239. The maximum atomic E-state index is 10.8. The molecule has 0 aromatic rings. The van der Waals surface area contributed by atoms with Crippen molar-refractivity contribution in [1.82, 2.24) is 0 Å². The monoisotopic (exact) mass is 210 g/mol. The fraction of sp³-hybridized carbons (Fsp3) is 0.615. The van der Waals surface area contributed by atoms with E-state index < -0.39 is 0 Å². The van der Waals surface area contributed by atoms with Crippen LogP contribution in [0.1, 0.15) is 47.0 Å². The highest BCUT2D eigenvalue weighted by molar-refractivity contribution is 5.69. The number of hydrogen-bond acceptors (Lipinski definition) is 2. The van der Waals surface area contributed by atoms with Crippen molar-refractivity contribution in [1.29, 1.82) is 0 Å². The van der Waals surface area contributed by atoms with Crippen LogP contribution in [0.25, 0.3) is 0 Å². The highest BCUT2D eigenvalue weighted by Gasteiger charge is 1.98. The molecule has 86 valence electrons. The van der Waals surface area contributed by atoms with Gasteiger partial charge in [-0.2, -0.15) is 0 Å². The molecule has 0 aliphatic carbocycles. The molecule has 0 amide bonds. The van der Waals surface area contributed by atoms with E-state index in [2.05, 4.69) is 20.8 Å². The van der Waals surface area contributed by atoms with Gasteiger partial charge in [0.1, 0.15) is 0 Å². The van der Waals surface area contributed by atoms with Gasteiger partial charge in [0.25, 0.3) is 0 Å². The number of carbonyl (C=O) groups is 1. The Labute approximate surface area is 93.0 Å². The fourth-order valence-electron chi connectivity index (χ4n) is 1.16. The summed E-state index contributed by atoms with van der Waals surface area (Å²) < 4.78 is 4.81. The van der Waals surface area contributed by atoms with E-state index in [9.17, 15) is 4.79 Å². The van der Waals surface area contributed by atoms with Gasteiger partial charge in [0.15, 0.2) is 0 Å². The van der Waals surface area contributed by atoms with E-state index in [0.717, 1.165) is 6.42 Å². The van der Waals surface area contributed by atoms with Crippen molar-refractivity contribution in [2.75, 3.05) is 0 Å². The third-order valence-electron chi connectivity index (χ3n) is 2.31. The topological polar surface area (TPSA) is 26.3 Å². The van der Waals surface area contributed by atoms with E-state index in [-0.39, 0.29) is 5.97 Å². The normalized spacial score (nSPS) is 14.3. The molecule has 0 saturated heterocycles. The largest absolute Gasteiger partial charge is 0.434 e. The summed E-state index contributed by atoms with van der Waals surface area (Å²) in [4.78, 5) is 10.8. The van der Waals surface area contributed by atoms with E-state index in [1.807, 2.05) is 6.08 Å². The number of allylic oxidation sites excluding steroid dienone is 3. The highest BCUT2D eigenvalue weighted by Crippen LogP contribution is 2.13. The molecule has 0 radical (unpaired) electrons. The van der Waals surface area contributed by atoms with Gasteiger partial charge in [-0.05, 0) is 25.3 Å². The van der Waals surface area contributed by atoms with Crippen LogP contribution >= 0.6 is 0 Å². The average molecular weight is 210 g/mol. The van der Waals surface area contributed by atoms with Crippen molar-refractivity contribution in [3.63, 3.8) is 0 Å². The predicted molar refractivity (Wildman–Crippen MR) is 63.4 cm³/mol. The molecule has 0 aliphatic heterocycles. The van der Waals surface area contributed by atoms with E-state index in [1.165, 1.54) is 18.3 Å². The molecule has 0 aliphatic rings. The first-order chi connectivity index (χ1) is 7.10. The first kappa shape index (κ1) is 13.9. The van der Waals surface area contributed by atoms with Gasteiger partial charge >= 0.3 is 5.97 Å². The second-order valence-electron chi connectivity index (χ2n) is 3.90. The Balaban J connectivity index is 3.88. The molecule has 0 aromatic heterocycles. The van der Waals surface area contributed by atoms with E-state index >= 15 is 0 Å². The molecule has 0 fully saturated rings. The highest BCUT2D eigenvalue weighted by atomic mass is 16.5. The van der Waals surface area contributed by atoms with Gasteiger partial charge in [-0.15, -0.1) is 0 Å². The number of rotatable bonds is 6. The molecule has 0 aromatic carbocycles. The van der Waals surface area contributed by atoms with Crippen LogP contribution in [0.3, 0.4) is 0 Å². The summed E-state index contributed by atoms with van der Waals surface area (Å²) in [6.07, 6.45) is 7.94. The van der Waals surface area contributed by atoms with E-state index in [4.69, 9.17) is 4.74 Å². The molecule has 2 heteroatoms. The third-order valence-corrected chi connectivity index (χ3v) is 2.31. The van der Waals surface area contributed by atoms with Gasteiger partial charge in [-0.25, -0.2) is 0 Å². The summed E-state index contributed by atoms with van der Waals surface area (Å²) in [6.45, 7) is 8.30. The molecule has 1 unspecified atom stereocenters. The van der Waals surface area contributed by atoms with Gasteiger partial charge in [-0.1, -0.05) is 38.8 Å². The lowest BCUT2D eigenvalue weighted by atomic mass is 10.00. The molecular weight excluding hydrogens is 188 g/mol. The predicted octanol–water partition coefficient (Wildman–Crippen LogP) is 3.84. The third kappa shape index (κ3) is 7.98. The second-order valence-corrected chi connectivity index (χ2v) is 3.90. The molecule has 1 atom stereocenters. The molecule has 0 rings (SSSR count). The molecule has 0 bridgehead atoms. The van der Waals surface area contributed by atoms with Crippen LogP contribution in [0.2, 0.25) is 0 Å². The summed E-state index contributed by atoms with van der Waals surface area (Å²) in [5, 5.41) is 0. The maximum Gasteiger partial charge on any atom is 0.310 e. The summed E-state index contributed by atoms with van der Waals surface area (Å²) >= 11 is 0. The van der Waals surface area contributed by atoms with Crippen molar-refractivity contribution in [3.05, 3.63) is 24.0 Å². The van der Waals surface area contributed by atoms with Crippen LogP contribution in [0.15, 0.2) is 24.0 Å². The van der Waals surface area contributed by atoms with Gasteiger partial charge in [0, 0.05) is 6.42 Å². The van der Waals surface area contributed by atoms with E-state index in [0.29, 0.717) is 12.3 Å². The zero-order valence-electron chi connectivity index (χ0n) is 10.2. The van der Waals surface area contributed by atoms with Crippen LogP contribution in [-0.4, -0.2) is 5.97 Å². The summed E-state index contributed by atoms with van der Waals surface area (Å²) in [7, 11) is 0. The van der Waals surface area contributed by atoms with Crippen LogP contribution in [-0.2, 0) is 9.53 Å². The van der Waals surface area contributed by atoms with Crippen molar-refractivity contribution in [2.24, 2.45) is 5.92 Å². The van der Waals surface area contributed by atoms with Crippen molar-refractivity contribution in [2.45, 2.75) is 47.0 Å². The van der Waals surface area contributed by atoms with Gasteiger partial charge in [0.05, 0.1) is 6.26 Å². The lowest BCUT2D eigenvalue weighted by molar-refractivity contribution is -0.137. The first-order valence-electron chi connectivity index (χ1n) is 5.61. The Hall–Kier alpha value is -1.05. The van der Waals surface area contributed by atoms with Crippen LogP contribution in [0.4, 0.5) is 0 Å². The number of carbonyl (C=O) groups excluding carboxylic acids is 1. The minimum absolute atomic E-state index is 0.195. The van der Waals surface area contributed by atoms with Gasteiger partial charge in [-0.3, -0.25) is 4.79 Å². The second kappa shape index (κ2) is 8.27. The summed E-state index contributed by atoms with van der Waals surface area (Å²) in [5.41, 5.74) is 1.31. The van der Waals surface area contributed by atoms with Crippen LogP contribution < -0.4 is 0 Å². The van der Waals surface area contributed by atoms with Crippen molar-refractivity contribution in [3.8, 4) is 0 Å². The minimum atomic E-state index is -0.195. The van der Waals surface area contributed by atoms with Crippen LogP contribution in [0, 0.1) is 5.92 Å². The lowest BCUT2D eigenvalue weighted by Gasteiger charge is -2.06. The quantitative estimate of drug-likeness (QED) is 0.378. The number of hydrogen-bond donors (Lipinski definition) is 0. The Morgan fingerprint density at radius 3 is 2.60 bits per heavy atom. The fourth-order valence-corrected chi connectivity index (χ4v) is 1.16. The Kier molecular flexibility index (Phi) is 7.69. The number of esters is 1. The minimum Gasteiger partial charge on any atom is -0.434 e.